The normalized spacial score (nSPS) is 13.5. The van der Waals surface area contributed by atoms with Crippen molar-refractivity contribution in [2.45, 2.75) is 39.7 Å². The van der Waals surface area contributed by atoms with Crippen LogP contribution in [0.5, 0.6) is 5.75 Å². The number of nitrogens with zero attached hydrogens (tertiary/aromatic N) is 1. The molecule has 2 aromatic carbocycles. The highest BCUT2D eigenvalue weighted by atomic mass is 35.5. The molecule has 0 N–H and O–H groups in total. The number of hydrogen-bond donors (Lipinski definition) is 0. The van der Waals surface area contributed by atoms with Crippen LogP contribution in [0.4, 0.5) is 5.69 Å². The summed E-state index contributed by atoms with van der Waals surface area (Å²) in [4.78, 5) is 14.1. The van der Waals surface area contributed by atoms with E-state index < -0.39 is 0 Å². The van der Waals surface area contributed by atoms with Crippen molar-refractivity contribution in [1.82, 2.24) is 0 Å². The monoisotopic (exact) mass is 417 g/mol. The van der Waals surface area contributed by atoms with E-state index in [1.165, 1.54) is 0 Å². The molecule has 6 heteroatoms. The van der Waals surface area contributed by atoms with Crippen molar-refractivity contribution in [1.29, 1.82) is 0 Å². The highest BCUT2D eigenvalue weighted by Crippen LogP contribution is 2.39. The summed E-state index contributed by atoms with van der Waals surface area (Å²) < 4.78 is 11.6. The molecule has 0 radical (unpaired) electrons. The van der Waals surface area contributed by atoms with Crippen LogP contribution in [0.15, 0.2) is 39.5 Å². The number of unbranched alkanes of at least 4 members (excludes halogenated alkanes) is 1. The van der Waals surface area contributed by atoms with Gasteiger partial charge in [-0.1, -0.05) is 42.6 Å². The molecule has 3 aromatic rings. The molecular formula is C22H21Cl2NO3. The third-order valence-electron chi connectivity index (χ3n) is 5.17. The molecule has 1 aliphatic heterocycles. The Kier molecular flexibility index (Phi) is 5.26. The molecule has 2 heterocycles. The Morgan fingerprint density at radius 1 is 1.21 bits per heavy atom. The predicted octanol–water partition coefficient (Wildman–Crippen LogP) is 6.11. The first kappa shape index (κ1) is 19.2. The number of halogens is 2. The van der Waals surface area contributed by atoms with Crippen molar-refractivity contribution >= 4 is 39.9 Å². The van der Waals surface area contributed by atoms with Crippen molar-refractivity contribution in [3.05, 3.63) is 67.5 Å². The lowest BCUT2D eigenvalue weighted by Crippen LogP contribution is -2.32. The van der Waals surface area contributed by atoms with Crippen molar-refractivity contribution in [3.63, 3.8) is 0 Å². The van der Waals surface area contributed by atoms with E-state index in [0.29, 0.717) is 28.9 Å². The Balaban J connectivity index is 1.81. The van der Waals surface area contributed by atoms with Gasteiger partial charge >= 0.3 is 5.63 Å². The van der Waals surface area contributed by atoms with Crippen LogP contribution in [0.25, 0.3) is 11.0 Å². The van der Waals surface area contributed by atoms with Gasteiger partial charge in [0.2, 0.25) is 0 Å². The molecule has 1 aromatic heterocycles. The highest BCUT2D eigenvalue weighted by molar-refractivity contribution is 6.43. The van der Waals surface area contributed by atoms with Gasteiger partial charge in [0.05, 0.1) is 15.7 Å². The van der Waals surface area contributed by atoms with Gasteiger partial charge in [0.1, 0.15) is 11.3 Å². The van der Waals surface area contributed by atoms with E-state index in [2.05, 4.69) is 13.0 Å². The van der Waals surface area contributed by atoms with Gasteiger partial charge in [0.25, 0.3) is 0 Å². The third kappa shape index (κ3) is 3.36. The summed E-state index contributed by atoms with van der Waals surface area (Å²) in [5.74, 6) is 0.776. The fourth-order valence-electron chi connectivity index (χ4n) is 3.75. The largest absolute Gasteiger partial charge is 0.472 e. The zero-order valence-electron chi connectivity index (χ0n) is 15.9. The lowest BCUT2D eigenvalue weighted by molar-refractivity contribution is 0.287. The van der Waals surface area contributed by atoms with Gasteiger partial charge in [0, 0.05) is 29.1 Å². The summed E-state index contributed by atoms with van der Waals surface area (Å²) in [6.45, 7) is 5.06. The van der Waals surface area contributed by atoms with Crippen molar-refractivity contribution in [2.24, 2.45) is 0 Å². The van der Waals surface area contributed by atoms with E-state index in [0.717, 1.165) is 52.8 Å². The minimum absolute atomic E-state index is 0.315. The zero-order chi connectivity index (χ0) is 19.8. The fourth-order valence-corrected chi connectivity index (χ4v) is 4.16. The van der Waals surface area contributed by atoms with Gasteiger partial charge in [-0.05, 0) is 43.5 Å². The Hall–Kier alpha value is -2.17. The van der Waals surface area contributed by atoms with Gasteiger partial charge in [-0.25, -0.2) is 4.79 Å². The summed E-state index contributed by atoms with van der Waals surface area (Å²) in [6, 6.07) is 9.27. The molecule has 4 nitrogen and oxygen atoms in total. The first-order valence-electron chi connectivity index (χ1n) is 9.40. The van der Waals surface area contributed by atoms with Crippen LogP contribution >= 0.6 is 23.2 Å². The standard InChI is InChI=1S/C22H21Cl2NO3/c1-3-4-6-14-10-19(26)28-22-13(2)21-15(9-16(14)22)11-25(12-27-21)18-8-5-7-17(23)20(18)24/h5,7-10H,3-4,6,11-12H2,1-2H3. The van der Waals surface area contributed by atoms with Crippen LogP contribution in [-0.2, 0) is 13.0 Å². The number of benzene rings is 2. The average molecular weight is 418 g/mol. The summed E-state index contributed by atoms with van der Waals surface area (Å²) in [5.41, 5.74) is 4.07. The van der Waals surface area contributed by atoms with E-state index in [9.17, 15) is 4.79 Å². The van der Waals surface area contributed by atoms with Gasteiger partial charge in [0.15, 0.2) is 6.73 Å². The molecule has 4 rings (SSSR count). The molecule has 0 fully saturated rings. The first-order valence-corrected chi connectivity index (χ1v) is 10.2. The van der Waals surface area contributed by atoms with E-state index in [1.807, 2.05) is 24.0 Å². The average Bonchev–Trinajstić information content (AvgIpc) is 2.69. The minimum atomic E-state index is -0.315. The molecule has 0 spiro atoms. The van der Waals surface area contributed by atoms with Gasteiger partial charge < -0.3 is 14.1 Å². The topological polar surface area (TPSA) is 42.7 Å². The smallest absolute Gasteiger partial charge is 0.336 e. The second-order valence-electron chi connectivity index (χ2n) is 7.11. The van der Waals surface area contributed by atoms with Crippen LogP contribution < -0.4 is 15.3 Å². The molecule has 1 aliphatic rings. The SMILES string of the molecule is CCCCc1cc(=O)oc2c(C)c3c(cc12)CN(c1cccc(Cl)c1Cl)CO3. The van der Waals surface area contributed by atoms with Crippen LogP contribution in [-0.4, -0.2) is 6.73 Å². The number of fused-ring (bicyclic) bond motifs is 2. The molecule has 0 saturated carbocycles. The highest BCUT2D eigenvalue weighted by Gasteiger charge is 2.24. The van der Waals surface area contributed by atoms with Gasteiger partial charge in [-0.2, -0.15) is 0 Å². The van der Waals surface area contributed by atoms with E-state index in [-0.39, 0.29) is 5.63 Å². The lowest BCUT2D eigenvalue weighted by atomic mass is 9.98. The van der Waals surface area contributed by atoms with Crippen LogP contribution in [0.1, 0.15) is 36.5 Å². The number of ether oxygens (including phenoxy) is 1. The van der Waals surface area contributed by atoms with E-state index in [4.69, 9.17) is 32.4 Å². The maximum Gasteiger partial charge on any atom is 0.336 e. The Morgan fingerprint density at radius 2 is 2.04 bits per heavy atom. The lowest BCUT2D eigenvalue weighted by Gasteiger charge is -2.32. The van der Waals surface area contributed by atoms with Gasteiger partial charge in [-0.3, -0.25) is 0 Å². The Bertz CT molecular complexity index is 1110. The third-order valence-corrected chi connectivity index (χ3v) is 5.98. The summed E-state index contributed by atoms with van der Waals surface area (Å²) >= 11 is 12.6. The summed E-state index contributed by atoms with van der Waals surface area (Å²) in [7, 11) is 0. The maximum absolute atomic E-state index is 12.1. The Morgan fingerprint density at radius 3 is 2.82 bits per heavy atom. The van der Waals surface area contributed by atoms with Crippen LogP contribution in [0.2, 0.25) is 10.0 Å². The number of hydrogen-bond acceptors (Lipinski definition) is 4. The summed E-state index contributed by atoms with van der Waals surface area (Å²) in [5, 5.41) is 2.01. The predicted molar refractivity (Wildman–Crippen MR) is 114 cm³/mol. The molecule has 146 valence electrons. The number of anilines is 1. The number of rotatable bonds is 4. The minimum Gasteiger partial charge on any atom is -0.472 e. The molecule has 0 bridgehead atoms. The number of aryl methyl sites for hydroxylation is 2. The van der Waals surface area contributed by atoms with E-state index >= 15 is 0 Å². The first-order chi connectivity index (χ1) is 13.5. The maximum atomic E-state index is 12.1. The van der Waals surface area contributed by atoms with Crippen molar-refractivity contribution in [2.75, 3.05) is 11.6 Å². The molecule has 0 saturated heterocycles. The molecule has 0 amide bonds. The van der Waals surface area contributed by atoms with E-state index in [1.54, 1.807) is 12.1 Å². The molecule has 0 aliphatic carbocycles. The molecule has 28 heavy (non-hydrogen) atoms. The molecular weight excluding hydrogens is 397 g/mol. The van der Waals surface area contributed by atoms with Crippen molar-refractivity contribution < 1.29 is 9.15 Å². The van der Waals surface area contributed by atoms with Crippen LogP contribution in [0.3, 0.4) is 0 Å². The molecule has 0 unspecified atom stereocenters. The fraction of sp³-hybridized carbons (Fsp3) is 0.318. The van der Waals surface area contributed by atoms with Gasteiger partial charge in [-0.15, -0.1) is 0 Å². The second-order valence-corrected chi connectivity index (χ2v) is 7.89. The van der Waals surface area contributed by atoms with Crippen LogP contribution in [0, 0.1) is 6.92 Å². The second kappa shape index (κ2) is 7.69. The van der Waals surface area contributed by atoms with Crippen molar-refractivity contribution in [3.8, 4) is 5.75 Å². The summed E-state index contributed by atoms with van der Waals surface area (Å²) in [6.07, 6.45) is 2.94. The molecule has 0 atom stereocenters. The Labute approximate surface area is 173 Å². The quantitative estimate of drug-likeness (QED) is 0.480. The zero-order valence-corrected chi connectivity index (χ0v) is 17.4.